The number of rotatable bonds is 1. The minimum Gasteiger partial charge on any atom is -0.478 e. The van der Waals surface area contributed by atoms with Gasteiger partial charge in [-0.2, -0.15) is 0 Å². The fraction of sp³-hybridized carbons (Fsp3) is 0.429. The van der Waals surface area contributed by atoms with Gasteiger partial charge in [0.2, 0.25) is 5.91 Å². The molecule has 0 radical (unpaired) electrons. The molecule has 0 aliphatic carbocycles. The highest BCUT2D eigenvalue weighted by molar-refractivity contribution is 6.06. The first kappa shape index (κ1) is 12.0. The highest BCUT2D eigenvalue weighted by Gasteiger charge is 2.37. The van der Waals surface area contributed by atoms with E-state index in [2.05, 4.69) is 4.90 Å². The summed E-state index contributed by atoms with van der Waals surface area (Å²) in [7, 11) is 1.72. The van der Waals surface area contributed by atoms with Crippen LogP contribution in [0.2, 0.25) is 0 Å². The van der Waals surface area contributed by atoms with E-state index in [0.717, 1.165) is 31.5 Å². The summed E-state index contributed by atoms with van der Waals surface area (Å²) in [5.41, 5.74) is 1.88. The van der Waals surface area contributed by atoms with Crippen LogP contribution < -0.4 is 9.80 Å². The van der Waals surface area contributed by atoms with Crippen LogP contribution >= 0.6 is 0 Å². The molecule has 1 N–H and O–H groups in total. The van der Waals surface area contributed by atoms with Gasteiger partial charge in [0.25, 0.3) is 0 Å². The summed E-state index contributed by atoms with van der Waals surface area (Å²) >= 11 is 0. The normalized spacial score (nSPS) is 21.9. The van der Waals surface area contributed by atoms with Crippen molar-refractivity contribution in [2.45, 2.75) is 25.3 Å². The summed E-state index contributed by atoms with van der Waals surface area (Å²) in [6.45, 7) is 0.865. The molecule has 100 valence electrons. The molecule has 0 unspecified atom stereocenters. The zero-order valence-corrected chi connectivity index (χ0v) is 10.8. The summed E-state index contributed by atoms with van der Waals surface area (Å²) in [5.74, 6) is -0.904. The second-order valence-electron chi connectivity index (χ2n) is 5.11. The van der Waals surface area contributed by atoms with E-state index < -0.39 is 5.97 Å². The van der Waals surface area contributed by atoms with Gasteiger partial charge in [-0.05, 0) is 37.5 Å². The van der Waals surface area contributed by atoms with Crippen LogP contribution in [-0.4, -0.2) is 36.6 Å². The van der Waals surface area contributed by atoms with Gasteiger partial charge in [0, 0.05) is 13.6 Å². The van der Waals surface area contributed by atoms with Gasteiger partial charge >= 0.3 is 5.97 Å². The lowest BCUT2D eigenvalue weighted by molar-refractivity contribution is -0.120. The number of amides is 1. The van der Waals surface area contributed by atoms with Gasteiger partial charge in [0.1, 0.15) is 6.04 Å². The molecule has 3 rings (SSSR count). The molecule has 2 aliphatic heterocycles. The Bertz CT molecular complexity index is 556. The largest absolute Gasteiger partial charge is 0.478 e. The molecule has 1 atom stereocenters. The summed E-state index contributed by atoms with van der Waals surface area (Å²) in [4.78, 5) is 27.1. The molecule has 0 bridgehead atoms. The fourth-order valence-corrected chi connectivity index (χ4v) is 2.99. The molecule has 0 spiro atoms. The van der Waals surface area contributed by atoms with Crippen LogP contribution in [0.4, 0.5) is 11.4 Å². The van der Waals surface area contributed by atoms with Crippen LogP contribution in [0.15, 0.2) is 18.2 Å². The first-order valence-electron chi connectivity index (χ1n) is 6.51. The van der Waals surface area contributed by atoms with E-state index in [9.17, 15) is 9.59 Å². The molecule has 2 heterocycles. The first-order valence-corrected chi connectivity index (χ1v) is 6.51. The standard InChI is InChI=1S/C14H16N2O3/c1-15-12-8-9(14(18)19)5-6-10(12)16-7-3-2-4-11(16)13(15)17/h5-6,8,11H,2-4,7H2,1H3,(H,18,19)/t11-/m1/s1. The highest BCUT2D eigenvalue weighted by Crippen LogP contribution is 2.39. The predicted molar refractivity (Wildman–Crippen MR) is 71.8 cm³/mol. The second-order valence-corrected chi connectivity index (χ2v) is 5.11. The average Bonchev–Trinajstić information content (AvgIpc) is 2.44. The van der Waals surface area contributed by atoms with Crippen molar-refractivity contribution >= 4 is 23.3 Å². The number of carboxylic acid groups (broad SMARTS) is 1. The van der Waals surface area contributed by atoms with Crippen LogP contribution in [0.1, 0.15) is 29.6 Å². The van der Waals surface area contributed by atoms with Gasteiger partial charge < -0.3 is 14.9 Å². The summed E-state index contributed by atoms with van der Waals surface area (Å²) in [5, 5.41) is 9.05. The Labute approximate surface area is 111 Å². The second kappa shape index (κ2) is 4.26. The number of hydrogen-bond donors (Lipinski definition) is 1. The number of aromatic carboxylic acids is 1. The number of benzene rings is 1. The number of anilines is 2. The molecule has 2 aliphatic rings. The Kier molecular flexibility index (Phi) is 2.69. The summed E-state index contributed by atoms with van der Waals surface area (Å²) in [6.07, 6.45) is 3.03. The van der Waals surface area contributed by atoms with Gasteiger partial charge in [-0.1, -0.05) is 0 Å². The maximum absolute atomic E-state index is 12.3. The molecule has 1 aromatic carbocycles. The number of carbonyl (C=O) groups excluding carboxylic acids is 1. The molecule has 0 aromatic heterocycles. The molecule has 1 fully saturated rings. The summed E-state index contributed by atoms with van der Waals surface area (Å²) in [6, 6.07) is 4.93. The van der Waals surface area contributed by atoms with Crippen LogP contribution in [0, 0.1) is 0 Å². The molecule has 19 heavy (non-hydrogen) atoms. The van der Waals surface area contributed by atoms with E-state index in [-0.39, 0.29) is 17.5 Å². The minimum absolute atomic E-state index is 0.0646. The van der Waals surface area contributed by atoms with E-state index in [4.69, 9.17) is 5.11 Å². The van der Waals surface area contributed by atoms with E-state index in [1.54, 1.807) is 24.1 Å². The lowest BCUT2D eigenvalue weighted by Crippen LogP contribution is -2.54. The van der Waals surface area contributed by atoms with Crippen molar-refractivity contribution in [3.05, 3.63) is 23.8 Å². The SMILES string of the molecule is CN1C(=O)[C@H]2CCCCN2c2ccc(C(=O)O)cc21. The number of fused-ring (bicyclic) bond motifs is 3. The maximum Gasteiger partial charge on any atom is 0.335 e. The molecule has 5 heteroatoms. The number of nitrogens with zero attached hydrogens (tertiary/aromatic N) is 2. The Morgan fingerprint density at radius 1 is 1.32 bits per heavy atom. The van der Waals surface area contributed by atoms with E-state index in [1.807, 2.05) is 6.07 Å². The average molecular weight is 260 g/mol. The first-order chi connectivity index (χ1) is 9.09. The number of carbonyl (C=O) groups is 2. The van der Waals surface area contributed by atoms with Crippen LogP contribution in [-0.2, 0) is 4.79 Å². The van der Waals surface area contributed by atoms with Crippen molar-refractivity contribution < 1.29 is 14.7 Å². The Morgan fingerprint density at radius 2 is 2.11 bits per heavy atom. The number of piperidine rings is 1. The smallest absolute Gasteiger partial charge is 0.335 e. The topological polar surface area (TPSA) is 60.9 Å². The van der Waals surface area contributed by atoms with Crippen LogP contribution in [0.5, 0.6) is 0 Å². The van der Waals surface area contributed by atoms with Gasteiger partial charge in [-0.15, -0.1) is 0 Å². The quantitative estimate of drug-likeness (QED) is 0.835. The lowest BCUT2D eigenvalue weighted by Gasteiger charge is -2.44. The van der Waals surface area contributed by atoms with Crippen LogP contribution in [0.3, 0.4) is 0 Å². The van der Waals surface area contributed by atoms with Crippen LogP contribution in [0.25, 0.3) is 0 Å². The molecule has 1 saturated heterocycles. The third-order valence-corrected chi connectivity index (χ3v) is 4.01. The van der Waals surface area contributed by atoms with Gasteiger partial charge in [0.15, 0.2) is 0 Å². The molecule has 0 saturated carbocycles. The molecule has 5 nitrogen and oxygen atoms in total. The van der Waals surface area contributed by atoms with E-state index >= 15 is 0 Å². The van der Waals surface area contributed by atoms with Crippen molar-refractivity contribution in [3.63, 3.8) is 0 Å². The van der Waals surface area contributed by atoms with Gasteiger partial charge in [-0.25, -0.2) is 4.79 Å². The maximum atomic E-state index is 12.3. The Hall–Kier alpha value is -2.04. The Morgan fingerprint density at radius 3 is 2.84 bits per heavy atom. The van der Waals surface area contributed by atoms with Crippen molar-refractivity contribution in [1.82, 2.24) is 0 Å². The molecule has 1 amide bonds. The minimum atomic E-state index is -0.968. The lowest BCUT2D eigenvalue weighted by atomic mass is 9.96. The monoisotopic (exact) mass is 260 g/mol. The zero-order valence-electron chi connectivity index (χ0n) is 10.8. The van der Waals surface area contributed by atoms with Gasteiger partial charge in [-0.3, -0.25) is 4.79 Å². The van der Waals surface area contributed by atoms with Gasteiger partial charge in [0.05, 0.1) is 16.9 Å². The van der Waals surface area contributed by atoms with E-state index in [0.29, 0.717) is 5.69 Å². The number of hydrogen-bond acceptors (Lipinski definition) is 3. The van der Waals surface area contributed by atoms with Crippen molar-refractivity contribution in [1.29, 1.82) is 0 Å². The van der Waals surface area contributed by atoms with Crippen molar-refractivity contribution in [3.8, 4) is 0 Å². The third-order valence-electron chi connectivity index (χ3n) is 4.01. The molecular weight excluding hydrogens is 244 g/mol. The zero-order chi connectivity index (χ0) is 13.6. The Balaban J connectivity index is 2.11. The highest BCUT2D eigenvalue weighted by atomic mass is 16.4. The number of likely N-dealkylation sites (N-methyl/N-ethyl adjacent to an activating group) is 1. The fourth-order valence-electron chi connectivity index (χ4n) is 2.99. The van der Waals surface area contributed by atoms with Crippen molar-refractivity contribution in [2.24, 2.45) is 0 Å². The summed E-state index contributed by atoms with van der Waals surface area (Å²) < 4.78 is 0. The number of carboxylic acids is 1. The van der Waals surface area contributed by atoms with E-state index in [1.165, 1.54) is 0 Å². The predicted octanol–water partition coefficient (Wildman–Crippen LogP) is 1.72. The third kappa shape index (κ3) is 1.77. The molecular formula is C14H16N2O3. The van der Waals surface area contributed by atoms with Crippen molar-refractivity contribution in [2.75, 3.05) is 23.4 Å². The molecule has 1 aromatic rings.